The second-order valence-corrected chi connectivity index (χ2v) is 7.18. The summed E-state index contributed by atoms with van der Waals surface area (Å²) in [7, 11) is 0. The minimum Gasteiger partial charge on any atom is -0.310 e. The number of rotatable bonds is 3. The molecule has 1 aliphatic heterocycles. The highest BCUT2D eigenvalue weighted by molar-refractivity contribution is 7.99. The predicted octanol–water partition coefficient (Wildman–Crippen LogP) is 2.74. The molecule has 3 heteroatoms. The van der Waals surface area contributed by atoms with Crippen molar-refractivity contribution >= 4 is 11.8 Å². The first-order chi connectivity index (χ1) is 8.24. The molecule has 1 N–H and O–H groups in total. The number of hydrogen-bond acceptors (Lipinski definition) is 3. The predicted molar refractivity (Wildman–Crippen MR) is 77.9 cm³/mol. The van der Waals surface area contributed by atoms with Gasteiger partial charge < -0.3 is 10.2 Å². The first kappa shape index (κ1) is 13.7. The fourth-order valence-electron chi connectivity index (χ4n) is 3.38. The first-order valence-corrected chi connectivity index (χ1v) is 8.53. The lowest BCUT2D eigenvalue weighted by atomic mass is 9.81. The van der Waals surface area contributed by atoms with Gasteiger partial charge in [0.1, 0.15) is 0 Å². The molecule has 100 valence electrons. The lowest BCUT2D eigenvalue weighted by Crippen LogP contribution is -2.53. The standard InChI is InChI=1S/C14H28N2S/c1-13(17-2)11-16-10-6-9-15-14(12-16)7-4-3-5-8-14/h13,15H,3-12H2,1-2H3. The van der Waals surface area contributed by atoms with E-state index < -0.39 is 0 Å². The van der Waals surface area contributed by atoms with Crippen LogP contribution in [0.15, 0.2) is 0 Å². The van der Waals surface area contributed by atoms with Crippen LogP contribution in [0.2, 0.25) is 0 Å². The first-order valence-electron chi connectivity index (χ1n) is 7.24. The summed E-state index contributed by atoms with van der Waals surface area (Å²) in [5.74, 6) is 0. The summed E-state index contributed by atoms with van der Waals surface area (Å²) in [6, 6.07) is 0. The second kappa shape index (κ2) is 6.44. The summed E-state index contributed by atoms with van der Waals surface area (Å²) in [6.07, 6.45) is 10.7. The molecule has 2 rings (SSSR count). The third-order valence-electron chi connectivity index (χ3n) is 4.41. The molecular weight excluding hydrogens is 228 g/mol. The Kier molecular flexibility index (Phi) is 5.19. The molecule has 1 saturated heterocycles. The molecule has 1 aliphatic carbocycles. The summed E-state index contributed by atoms with van der Waals surface area (Å²) >= 11 is 2.00. The van der Waals surface area contributed by atoms with E-state index in [1.54, 1.807) is 0 Å². The largest absolute Gasteiger partial charge is 0.310 e. The number of thioether (sulfide) groups is 1. The zero-order valence-electron chi connectivity index (χ0n) is 11.5. The minimum absolute atomic E-state index is 0.465. The van der Waals surface area contributed by atoms with Crippen LogP contribution in [0.25, 0.3) is 0 Å². The Balaban J connectivity index is 1.93. The zero-order chi connectivity index (χ0) is 12.1. The average molecular weight is 256 g/mol. The van der Waals surface area contributed by atoms with Crippen molar-refractivity contribution < 1.29 is 0 Å². The van der Waals surface area contributed by atoms with Crippen molar-refractivity contribution in [3.63, 3.8) is 0 Å². The fourth-order valence-corrected chi connectivity index (χ4v) is 3.74. The van der Waals surface area contributed by atoms with Crippen LogP contribution in [0.4, 0.5) is 0 Å². The van der Waals surface area contributed by atoms with Crippen LogP contribution < -0.4 is 5.32 Å². The molecule has 2 aliphatic rings. The highest BCUT2D eigenvalue weighted by Crippen LogP contribution is 2.30. The van der Waals surface area contributed by atoms with E-state index in [0.717, 1.165) is 5.25 Å². The molecule has 1 saturated carbocycles. The molecule has 0 bridgehead atoms. The van der Waals surface area contributed by atoms with Gasteiger partial charge in [0, 0.05) is 23.9 Å². The molecule has 0 aromatic rings. The SMILES string of the molecule is CSC(C)CN1CCCNC2(CCCCC2)C1. The van der Waals surface area contributed by atoms with Crippen LogP contribution in [0.5, 0.6) is 0 Å². The van der Waals surface area contributed by atoms with E-state index in [1.165, 1.54) is 64.7 Å². The van der Waals surface area contributed by atoms with Crippen LogP contribution in [0.1, 0.15) is 45.4 Å². The lowest BCUT2D eigenvalue weighted by molar-refractivity contribution is 0.165. The van der Waals surface area contributed by atoms with Crippen molar-refractivity contribution in [2.24, 2.45) is 0 Å². The molecule has 0 aromatic carbocycles. The molecule has 0 aromatic heterocycles. The van der Waals surface area contributed by atoms with Gasteiger partial charge in [-0.2, -0.15) is 11.8 Å². The van der Waals surface area contributed by atoms with E-state index in [2.05, 4.69) is 23.4 Å². The van der Waals surface area contributed by atoms with E-state index in [4.69, 9.17) is 0 Å². The smallest absolute Gasteiger partial charge is 0.0308 e. The fraction of sp³-hybridized carbons (Fsp3) is 1.00. The van der Waals surface area contributed by atoms with Crippen molar-refractivity contribution in [3.05, 3.63) is 0 Å². The maximum absolute atomic E-state index is 3.87. The quantitative estimate of drug-likeness (QED) is 0.836. The Morgan fingerprint density at radius 1 is 1.24 bits per heavy atom. The normalized spacial score (nSPS) is 27.9. The Labute approximate surface area is 111 Å². The van der Waals surface area contributed by atoms with Crippen LogP contribution in [-0.2, 0) is 0 Å². The van der Waals surface area contributed by atoms with Gasteiger partial charge in [-0.3, -0.25) is 0 Å². The molecule has 1 unspecified atom stereocenters. The van der Waals surface area contributed by atoms with Gasteiger partial charge >= 0.3 is 0 Å². The van der Waals surface area contributed by atoms with Crippen molar-refractivity contribution in [1.82, 2.24) is 10.2 Å². The van der Waals surface area contributed by atoms with Crippen molar-refractivity contribution in [1.29, 1.82) is 0 Å². The molecule has 1 spiro atoms. The van der Waals surface area contributed by atoms with E-state index >= 15 is 0 Å². The Hall–Kier alpha value is 0.270. The van der Waals surface area contributed by atoms with Gasteiger partial charge in [0.2, 0.25) is 0 Å². The number of nitrogens with one attached hydrogen (secondary N) is 1. The maximum atomic E-state index is 3.87. The van der Waals surface area contributed by atoms with Crippen LogP contribution in [-0.4, -0.2) is 48.1 Å². The van der Waals surface area contributed by atoms with Crippen molar-refractivity contribution in [3.8, 4) is 0 Å². The average Bonchev–Trinajstić information content (AvgIpc) is 2.53. The molecule has 0 radical (unpaired) electrons. The molecule has 1 heterocycles. The van der Waals surface area contributed by atoms with Crippen molar-refractivity contribution in [2.75, 3.05) is 32.4 Å². The van der Waals surface area contributed by atoms with E-state index in [-0.39, 0.29) is 0 Å². The summed E-state index contributed by atoms with van der Waals surface area (Å²) in [5.41, 5.74) is 0.465. The Bertz CT molecular complexity index is 226. The second-order valence-electron chi connectivity index (χ2n) is 5.90. The minimum atomic E-state index is 0.465. The topological polar surface area (TPSA) is 15.3 Å². The Morgan fingerprint density at radius 3 is 2.71 bits per heavy atom. The van der Waals surface area contributed by atoms with Gasteiger partial charge in [0.15, 0.2) is 0 Å². The molecule has 0 amide bonds. The zero-order valence-corrected chi connectivity index (χ0v) is 12.3. The highest BCUT2D eigenvalue weighted by Gasteiger charge is 2.34. The van der Waals surface area contributed by atoms with Crippen LogP contribution >= 0.6 is 11.8 Å². The van der Waals surface area contributed by atoms with E-state index in [9.17, 15) is 0 Å². The molecular formula is C14H28N2S. The van der Waals surface area contributed by atoms with Crippen molar-refractivity contribution in [2.45, 2.75) is 56.2 Å². The molecule has 1 atom stereocenters. The van der Waals surface area contributed by atoms with Crippen LogP contribution in [0, 0.1) is 0 Å². The Morgan fingerprint density at radius 2 is 2.00 bits per heavy atom. The molecule has 2 nitrogen and oxygen atoms in total. The van der Waals surface area contributed by atoms with E-state index in [1.807, 2.05) is 11.8 Å². The third kappa shape index (κ3) is 3.87. The summed E-state index contributed by atoms with van der Waals surface area (Å²) in [6.45, 7) is 7.43. The highest BCUT2D eigenvalue weighted by atomic mass is 32.2. The number of nitrogens with zero attached hydrogens (tertiary/aromatic N) is 1. The summed E-state index contributed by atoms with van der Waals surface area (Å²) in [4.78, 5) is 2.71. The van der Waals surface area contributed by atoms with Crippen LogP contribution in [0.3, 0.4) is 0 Å². The third-order valence-corrected chi connectivity index (χ3v) is 5.36. The van der Waals surface area contributed by atoms with Gasteiger partial charge in [-0.25, -0.2) is 0 Å². The number of hydrogen-bond donors (Lipinski definition) is 1. The summed E-state index contributed by atoms with van der Waals surface area (Å²) in [5, 5.41) is 4.64. The molecule has 17 heavy (non-hydrogen) atoms. The molecule has 2 fully saturated rings. The van der Waals surface area contributed by atoms with E-state index in [0.29, 0.717) is 5.54 Å². The maximum Gasteiger partial charge on any atom is 0.0308 e. The van der Waals surface area contributed by atoms with Gasteiger partial charge in [0.25, 0.3) is 0 Å². The van der Waals surface area contributed by atoms with Gasteiger partial charge in [-0.05, 0) is 38.6 Å². The van der Waals surface area contributed by atoms with Gasteiger partial charge in [-0.15, -0.1) is 0 Å². The van der Waals surface area contributed by atoms with Gasteiger partial charge in [-0.1, -0.05) is 26.2 Å². The van der Waals surface area contributed by atoms with Gasteiger partial charge in [0.05, 0.1) is 0 Å². The monoisotopic (exact) mass is 256 g/mol. The summed E-state index contributed by atoms with van der Waals surface area (Å²) < 4.78 is 0. The lowest BCUT2D eigenvalue weighted by Gasteiger charge is -2.40.